The molecule has 1 heterocycles. The second-order valence-corrected chi connectivity index (χ2v) is 6.02. The molecule has 0 bridgehead atoms. The first-order chi connectivity index (χ1) is 14.5. The van der Waals surface area contributed by atoms with Gasteiger partial charge in [-0.25, -0.2) is 9.78 Å². The molecule has 7 nitrogen and oxygen atoms in total. The standard InChI is InChI=1S/C21H17F2NO6/c1-27-18(25)10-8-15-12-28-19(24-15)14-7-9-16(30-21(22)23)17(11-14)29-20(26)13-5-3-2-4-6-13/h2-7,9,11-12,21H,8,10H2,1H3. The molecule has 0 N–H and O–H groups in total. The molecule has 0 unspecified atom stereocenters. The fraction of sp³-hybridized carbons (Fsp3) is 0.190. The van der Waals surface area contributed by atoms with Crippen molar-refractivity contribution in [1.82, 2.24) is 4.98 Å². The van der Waals surface area contributed by atoms with Crippen LogP contribution in [0, 0.1) is 0 Å². The summed E-state index contributed by atoms with van der Waals surface area (Å²) in [5, 5.41) is 0. The highest BCUT2D eigenvalue weighted by molar-refractivity contribution is 5.91. The van der Waals surface area contributed by atoms with Crippen LogP contribution >= 0.6 is 0 Å². The van der Waals surface area contributed by atoms with Gasteiger partial charge in [0.15, 0.2) is 11.5 Å². The number of halogens is 2. The number of alkyl halides is 2. The molecule has 156 valence electrons. The number of esters is 2. The molecule has 0 saturated heterocycles. The molecule has 0 spiro atoms. The zero-order valence-corrected chi connectivity index (χ0v) is 15.8. The van der Waals surface area contributed by atoms with E-state index in [4.69, 9.17) is 9.15 Å². The molecule has 1 aromatic heterocycles. The summed E-state index contributed by atoms with van der Waals surface area (Å²) in [6.45, 7) is -3.10. The molecule has 0 atom stereocenters. The van der Waals surface area contributed by atoms with Gasteiger partial charge in [-0.2, -0.15) is 8.78 Å². The molecule has 3 rings (SSSR count). The van der Waals surface area contributed by atoms with E-state index < -0.39 is 12.6 Å². The number of benzene rings is 2. The Morgan fingerprint density at radius 1 is 1.10 bits per heavy atom. The first-order valence-electron chi connectivity index (χ1n) is 8.84. The molecule has 0 aliphatic rings. The lowest BCUT2D eigenvalue weighted by atomic mass is 10.2. The smallest absolute Gasteiger partial charge is 0.387 e. The number of aryl methyl sites for hydroxylation is 1. The molecule has 0 saturated carbocycles. The highest BCUT2D eigenvalue weighted by Gasteiger charge is 2.18. The maximum Gasteiger partial charge on any atom is 0.387 e. The molecular weight excluding hydrogens is 400 g/mol. The molecule has 30 heavy (non-hydrogen) atoms. The number of oxazole rings is 1. The van der Waals surface area contributed by atoms with Crippen molar-refractivity contribution in [2.75, 3.05) is 7.11 Å². The second kappa shape index (κ2) is 9.64. The van der Waals surface area contributed by atoms with Gasteiger partial charge in [0.25, 0.3) is 0 Å². The van der Waals surface area contributed by atoms with Gasteiger partial charge in [-0.3, -0.25) is 4.79 Å². The van der Waals surface area contributed by atoms with E-state index in [2.05, 4.69) is 14.5 Å². The van der Waals surface area contributed by atoms with Gasteiger partial charge in [0.05, 0.1) is 24.8 Å². The van der Waals surface area contributed by atoms with Crippen LogP contribution in [-0.2, 0) is 16.0 Å². The van der Waals surface area contributed by atoms with Gasteiger partial charge < -0.3 is 18.6 Å². The quantitative estimate of drug-likeness (QED) is 0.400. The number of aromatic nitrogens is 1. The first kappa shape index (κ1) is 21.0. The topological polar surface area (TPSA) is 87.9 Å². The number of hydrogen-bond acceptors (Lipinski definition) is 7. The molecule has 0 aliphatic carbocycles. The zero-order chi connectivity index (χ0) is 21.5. The SMILES string of the molecule is COC(=O)CCc1coc(-c2ccc(OC(F)F)c(OC(=O)c3ccccc3)c2)n1. The van der Waals surface area contributed by atoms with Crippen LogP contribution in [0.2, 0.25) is 0 Å². The summed E-state index contributed by atoms with van der Waals surface area (Å²) >= 11 is 0. The van der Waals surface area contributed by atoms with E-state index >= 15 is 0 Å². The number of methoxy groups -OCH3 is 1. The lowest BCUT2D eigenvalue weighted by molar-refractivity contribution is -0.140. The summed E-state index contributed by atoms with van der Waals surface area (Å²) in [5.74, 6) is -1.48. The average molecular weight is 417 g/mol. The molecule has 2 aromatic carbocycles. The van der Waals surface area contributed by atoms with Crippen LogP contribution in [0.25, 0.3) is 11.5 Å². The van der Waals surface area contributed by atoms with Crippen LogP contribution in [0.5, 0.6) is 11.5 Å². The summed E-state index contributed by atoms with van der Waals surface area (Å²) in [4.78, 5) is 27.8. The summed E-state index contributed by atoms with van der Waals surface area (Å²) in [5.41, 5.74) is 1.12. The lowest BCUT2D eigenvalue weighted by Gasteiger charge is -2.12. The summed E-state index contributed by atoms with van der Waals surface area (Å²) < 4.78 is 45.1. The van der Waals surface area contributed by atoms with Gasteiger partial charge in [-0.05, 0) is 30.3 Å². The number of nitrogens with zero attached hydrogens (tertiary/aromatic N) is 1. The van der Waals surface area contributed by atoms with Gasteiger partial charge in [0.1, 0.15) is 6.26 Å². The van der Waals surface area contributed by atoms with Crippen molar-refractivity contribution >= 4 is 11.9 Å². The van der Waals surface area contributed by atoms with E-state index in [1.54, 1.807) is 18.2 Å². The third-order valence-electron chi connectivity index (χ3n) is 3.98. The van der Waals surface area contributed by atoms with Gasteiger partial charge in [-0.1, -0.05) is 18.2 Å². The minimum absolute atomic E-state index is 0.129. The van der Waals surface area contributed by atoms with Crippen molar-refractivity contribution in [3.63, 3.8) is 0 Å². The fourth-order valence-electron chi connectivity index (χ4n) is 2.53. The van der Waals surface area contributed by atoms with E-state index in [1.807, 2.05) is 0 Å². The molecule has 9 heteroatoms. The summed E-state index contributed by atoms with van der Waals surface area (Å²) in [7, 11) is 1.29. The number of carbonyl (C=O) groups is 2. The second-order valence-electron chi connectivity index (χ2n) is 6.02. The van der Waals surface area contributed by atoms with Crippen molar-refractivity contribution in [2.45, 2.75) is 19.5 Å². The molecule has 0 radical (unpaired) electrons. The van der Waals surface area contributed by atoms with Gasteiger partial charge >= 0.3 is 18.6 Å². The average Bonchev–Trinajstić information content (AvgIpc) is 3.22. The summed E-state index contributed by atoms with van der Waals surface area (Å²) in [6, 6.07) is 12.1. The predicted octanol–water partition coefficient (Wildman–Crippen LogP) is 4.27. The molecule has 0 amide bonds. The van der Waals surface area contributed by atoms with Crippen molar-refractivity contribution in [3.05, 3.63) is 66.1 Å². The minimum atomic E-state index is -3.10. The molecule has 0 aliphatic heterocycles. The monoisotopic (exact) mass is 417 g/mol. The maximum atomic E-state index is 12.7. The molecule has 0 fully saturated rings. The third-order valence-corrected chi connectivity index (χ3v) is 3.98. The van der Waals surface area contributed by atoms with E-state index in [-0.39, 0.29) is 35.3 Å². The van der Waals surface area contributed by atoms with Gasteiger partial charge in [0.2, 0.25) is 5.89 Å². The van der Waals surface area contributed by atoms with Crippen molar-refractivity contribution < 1.29 is 37.0 Å². The number of hydrogen-bond donors (Lipinski definition) is 0. The fourth-order valence-corrected chi connectivity index (χ4v) is 2.53. The number of ether oxygens (including phenoxy) is 3. The van der Waals surface area contributed by atoms with E-state index in [0.29, 0.717) is 17.7 Å². The lowest BCUT2D eigenvalue weighted by Crippen LogP contribution is -2.11. The Kier molecular flexibility index (Phi) is 6.74. The summed E-state index contributed by atoms with van der Waals surface area (Å²) in [6.07, 6.45) is 1.81. The van der Waals surface area contributed by atoms with E-state index in [1.165, 1.54) is 43.7 Å². The normalized spacial score (nSPS) is 10.7. The highest BCUT2D eigenvalue weighted by atomic mass is 19.3. The number of rotatable bonds is 8. The zero-order valence-electron chi connectivity index (χ0n) is 15.8. The Morgan fingerprint density at radius 2 is 1.87 bits per heavy atom. The van der Waals surface area contributed by atoms with Crippen molar-refractivity contribution in [2.24, 2.45) is 0 Å². The van der Waals surface area contributed by atoms with E-state index in [0.717, 1.165) is 0 Å². The van der Waals surface area contributed by atoms with Crippen LogP contribution in [0.4, 0.5) is 8.78 Å². The Bertz CT molecular complexity index is 1020. The Morgan fingerprint density at radius 3 is 2.57 bits per heavy atom. The van der Waals surface area contributed by atoms with Crippen LogP contribution in [0.15, 0.2) is 59.2 Å². The van der Waals surface area contributed by atoms with Gasteiger partial charge in [0, 0.05) is 12.0 Å². The van der Waals surface area contributed by atoms with Crippen LogP contribution in [-0.4, -0.2) is 30.6 Å². The van der Waals surface area contributed by atoms with Crippen LogP contribution in [0.1, 0.15) is 22.5 Å². The van der Waals surface area contributed by atoms with Crippen molar-refractivity contribution in [1.29, 1.82) is 0 Å². The number of carbonyl (C=O) groups excluding carboxylic acids is 2. The maximum absolute atomic E-state index is 12.7. The Labute approximate surface area is 170 Å². The van der Waals surface area contributed by atoms with Crippen LogP contribution < -0.4 is 9.47 Å². The van der Waals surface area contributed by atoms with Crippen LogP contribution in [0.3, 0.4) is 0 Å². The Hall–Kier alpha value is -3.75. The minimum Gasteiger partial charge on any atom is -0.469 e. The van der Waals surface area contributed by atoms with Gasteiger partial charge in [-0.15, -0.1) is 0 Å². The van der Waals surface area contributed by atoms with Crippen molar-refractivity contribution in [3.8, 4) is 23.0 Å². The molecular formula is C21H17F2NO6. The first-order valence-corrected chi connectivity index (χ1v) is 8.84. The molecule has 3 aromatic rings. The largest absolute Gasteiger partial charge is 0.469 e. The highest BCUT2D eigenvalue weighted by Crippen LogP contribution is 2.34. The Balaban J connectivity index is 1.84. The predicted molar refractivity (Wildman–Crippen MR) is 100 cm³/mol. The third kappa shape index (κ3) is 5.40. The van der Waals surface area contributed by atoms with E-state index in [9.17, 15) is 18.4 Å².